The van der Waals surface area contributed by atoms with E-state index in [2.05, 4.69) is 15.9 Å². The molecule has 1 heterocycles. The number of esters is 1. The van der Waals surface area contributed by atoms with Gasteiger partial charge in [0.25, 0.3) is 0 Å². The van der Waals surface area contributed by atoms with Crippen molar-refractivity contribution in [3.8, 4) is 0 Å². The Morgan fingerprint density at radius 1 is 1.30 bits per heavy atom. The van der Waals surface area contributed by atoms with Crippen molar-refractivity contribution in [1.29, 1.82) is 0 Å². The maximum absolute atomic E-state index is 14.4. The summed E-state index contributed by atoms with van der Waals surface area (Å²) in [5.41, 5.74) is -0.000503. The van der Waals surface area contributed by atoms with E-state index in [-0.39, 0.29) is 5.92 Å². The molecule has 1 aliphatic heterocycles. The maximum Gasteiger partial charge on any atom is 0.324 e. The summed E-state index contributed by atoms with van der Waals surface area (Å²) in [7, 11) is 0. The van der Waals surface area contributed by atoms with Gasteiger partial charge in [0.15, 0.2) is 0 Å². The zero-order chi connectivity index (χ0) is 17.2. The first-order valence-corrected chi connectivity index (χ1v) is 8.54. The number of hydrogen-bond donors (Lipinski definition) is 0. The van der Waals surface area contributed by atoms with Crippen molar-refractivity contribution in [1.82, 2.24) is 0 Å². The van der Waals surface area contributed by atoms with Crippen molar-refractivity contribution >= 4 is 21.9 Å². The minimum Gasteiger partial charge on any atom is -0.459 e. The lowest BCUT2D eigenvalue weighted by Gasteiger charge is -2.27. The summed E-state index contributed by atoms with van der Waals surface area (Å²) in [6.45, 7) is 6.29. The van der Waals surface area contributed by atoms with Gasteiger partial charge in [-0.2, -0.15) is 0 Å². The number of carbonyl (C=O) groups is 1. The van der Waals surface area contributed by atoms with Crippen LogP contribution in [-0.2, 0) is 14.3 Å². The number of hydrogen-bond acceptors (Lipinski definition) is 3. The molecule has 0 amide bonds. The van der Waals surface area contributed by atoms with E-state index in [0.29, 0.717) is 37.2 Å². The summed E-state index contributed by atoms with van der Waals surface area (Å²) in [6, 6.07) is 2.07. The highest BCUT2D eigenvalue weighted by Crippen LogP contribution is 2.38. The van der Waals surface area contributed by atoms with E-state index in [4.69, 9.17) is 9.47 Å². The van der Waals surface area contributed by atoms with Gasteiger partial charge in [-0.15, -0.1) is 0 Å². The Balaban J connectivity index is 2.37. The average molecular weight is 391 g/mol. The molecule has 0 bridgehead atoms. The molecule has 0 aliphatic carbocycles. The van der Waals surface area contributed by atoms with Gasteiger partial charge in [0.05, 0.1) is 0 Å². The highest BCUT2D eigenvalue weighted by Gasteiger charge is 2.31. The first-order valence-electron chi connectivity index (χ1n) is 7.62. The third-order valence-corrected chi connectivity index (χ3v) is 4.51. The molecule has 1 saturated heterocycles. The third kappa shape index (κ3) is 4.73. The quantitative estimate of drug-likeness (QED) is 0.557. The summed E-state index contributed by atoms with van der Waals surface area (Å²) in [5.74, 6) is -1.99. The Morgan fingerprint density at radius 3 is 2.48 bits per heavy atom. The Bertz CT molecular complexity index is 578. The molecule has 1 fully saturated rings. The van der Waals surface area contributed by atoms with Crippen LogP contribution >= 0.6 is 15.9 Å². The van der Waals surface area contributed by atoms with Crippen molar-refractivity contribution in [2.24, 2.45) is 0 Å². The van der Waals surface area contributed by atoms with E-state index in [1.165, 1.54) is 6.07 Å². The van der Waals surface area contributed by atoms with Crippen molar-refractivity contribution in [2.45, 2.75) is 50.0 Å². The van der Waals surface area contributed by atoms with Crippen LogP contribution in [0.2, 0.25) is 0 Å². The van der Waals surface area contributed by atoms with E-state index in [9.17, 15) is 13.6 Å². The molecule has 23 heavy (non-hydrogen) atoms. The van der Waals surface area contributed by atoms with Crippen molar-refractivity contribution in [2.75, 3.05) is 13.2 Å². The van der Waals surface area contributed by atoms with E-state index >= 15 is 0 Å². The van der Waals surface area contributed by atoms with Gasteiger partial charge in [0.2, 0.25) is 0 Å². The van der Waals surface area contributed by atoms with Gasteiger partial charge in [0.1, 0.15) is 22.1 Å². The van der Waals surface area contributed by atoms with Gasteiger partial charge < -0.3 is 9.47 Å². The van der Waals surface area contributed by atoms with E-state index in [1.807, 2.05) is 0 Å². The summed E-state index contributed by atoms with van der Waals surface area (Å²) in [6.07, 6.45) is 1.28. The number of halogens is 3. The topological polar surface area (TPSA) is 35.5 Å². The number of ether oxygens (including phenoxy) is 2. The van der Waals surface area contributed by atoms with Gasteiger partial charge in [0, 0.05) is 19.3 Å². The van der Waals surface area contributed by atoms with Crippen LogP contribution in [0.15, 0.2) is 12.1 Å². The molecule has 6 heteroatoms. The predicted molar refractivity (Wildman–Crippen MR) is 86.7 cm³/mol. The largest absolute Gasteiger partial charge is 0.459 e. The monoisotopic (exact) mass is 390 g/mol. The van der Waals surface area contributed by atoms with Gasteiger partial charge in [-0.3, -0.25) is 4.79 Å². The van der Waals surface area contributed by atoms with Crippen LogP contribution in [0.25, 0.3) is 0 Å². The maximum atomic E-state index is 14.4. The zero-order valence-corrected chi connectivity index (χ0v) is 15.1. The first-order chi connectivity index (χ1) is 10.7. The van der Waals surface area contributed by atoms with Gasteiger partial charge >= 0.3 is 5.97 Å². The van der Waals surface area contributed by atoms with Crippen molar-refractivity contribution in [3.05, 3.63) is 34.9 Å². The lowest BCUT2D eigenvalue weighted by Crippen LogP contribution is -2.27. The second kappa shape index (κ2) is 7.26. The molecule has 0 spiro atoms. The second-order valence-electron chi connectivity index (χ2n) is 6.67. The van der Waals surface area contributed by atoms with Crippen LogP contribution in [0, 0.1) is 11.6 Å². The minimum absolute atomic E-state index is 0.0955. The van der Waals surface area contributed by atoms with E-state index < -0.39 is 28.0 Å². The molecule has 1 atom stereocenters. The minimum atomic E-state index is -0.912. The fourth-order valence-electron chi connectivity index (χ4n) is 2.71. The van der Waals surface area contributed by atoms with Crippen LogP contribution in [0.1, 0.15) is 55.5 Å². The first kappa shape index (κ1) is 18.3. The summed E-state index contributed by atoms with van der Waals surface area (Å²) >= 11 is 3.25. The Labute approximate surface area is 143 Å². The standard InChI is InChI=1S/C17H21BrF2O3/c1-17(2,3)23-16(21)15(18)12-8-11(19)9-13(20)14(12)10-4-6-22-7-5-10/h8-10,15H,4-7H2,1-3H3. The molecule has 2 rings (SSSR count). The second-order valence-corrected chi connectivity index (χ2v) is 7.59. The molecule has 0 aromatic heterocycles. The lowest BCUT2D eigenvalue weighted by atomic mass is 9.86. The number of carbonyl (C=O) groups excluding carboxylic acids is 1. The molecule has 1 aliphatic rings. The van der Waals surface area contributed by atoms with Gasteiger partial charge in [-0.25, -0.2) is 8.78 Å². The molecule has 128 valence electrons. The Morgan fingerprint density at radius 2 is 1.91 bits per heavy atom. The van der Waals surface area contributed by atoms with Crippen molar-refractivity contribution < 1.29 is 23.0 Å². The van der Waals surface area contributed by atoms with Crippen LogP contribution in [0.3, 0.4) is 0 Å². The Hall–Kier alpha value is -1.01. The van der Waals surface area contributed by atoms with Gasteiger partial charge in [-0.1, -0.05) is 15.9 Å². The summed E-state index contributed by atoms with van der Waals surface area (Å²) in [4.78, 5) is 11.4. The van der Waals surface area contributed by atoms with E-state index in [0.717, 1.165) is 6.07 Å². The molecule has 0 N–H and O–H groups in total. The predicted octanol–water partition coefficient (Wildman–Crippen LogP) is 4.64. The molecule has 3 nitrogen and oxygen atoms in total. The highest BCUT2D eigenvalue weighted by molar-refractivity contribution is 9.09. The number of alkyl halides is 1. The molecule has 1 unspecified atom stereocenters. The van der Waals surface area contributed by atoms with Crippen LogP contribution in [-0.4, -0.2) is 24.8 Å². The third-order valence-electron chi connectivity index (χ3n) is 3.64. The number of benzene rings is 1. The van der Waals surface area contributed by atoms with Crippen LogP contribution < -0.4 is 0 Å². The van der Waals surface area contributed by atoms with Crippen LogP contribution in [0.5, 0.6) is 0 Å². The molecular weight excluding hydrogens is 370 g/mol. The fraction of sp³-hybridized carbons (Fsp3) is 0.588. The summed E-state index contributed by atoms with van der Waals surface area (Å²) in [5, 5.41) is 0. The average Bonchev–Trinajstić information content (AvgIpc) is 2.44. The number of rotatable bonds is 3. The smallest absolute Gasteiger partial charge is 0.324 e. The van der Waals surface area contributed by atoms with Crippen molar-refractivity contribution in [3.63, 3.8) is 0 Å². The fourth-order valence-corrected chi connectivity index (χ4v) is 3.18. The Kier molecular flexibility index (Phi) is 5.79. The molecular formula is C17H21BrF2O3. The van der Waals surface area contributed by atoms with Gasteiger partial charge in [-0.05, 0) is 56.7 Å². The summed E-state index contributed by atoms with van der Waals surface area (Å²) < 4.78 is 38.7. The van der Waals surface area contributed by atoms with E-state index in [1.54, 1.807) is 20.8 Å². The SMILES string of the molecule is CC(C)(C)OC(=O)C(Br)c1cc(F)cc(F)c1C1CCOCC1. The normalized spacial score (nSPS) is 17.8. The van der Waals surface area contributed by atoms with Crippen LogP contribution in [0.4, 0.5) is 8.78 Å². The molecule has 0 saturated carbocycles. The molecule has 1 aromatic carbocycles. The highest BCUT2D eigenvalue weighted by atomic mass is 79.9. The lowest BCUT2D eigenvalue weighted by molar-refractivity contribution is -0.154. The molecule has 0 radical (unpaired) electrons. The molecule has 1 aromatic rings. The zero-order valence-electron chi connectivity index (χ0n) is 13.5.